The SMILES string of the molecule is Cl.Cl.Nc1cccc(C(=O)N2CCCCC2CN2CCOCC2)c1. The number of halogens is 2. The van der Waals surface area contributed by atoms with Crippen molar-refractivity contribution >= 4 is 36.4 Å². The quantitative estimate of drug-likeness (QED) is 0.824. The van der Waals surface area contributed by atoms with Crippen LogP contribution in [0.5, 0.6) is 0 Å². The molecule has 0 aliphatic carbocycles. The number of benzene rings is 1. The van der Waals surface area contributed by atoms with Crippen LogP contribution in [0.1, 0.15) is 29.6 Å². The Bertz CT molecular complexity index is 524. The molecule has 1 aromatic carbocycles. The number of carbonyl (C=O) groups is 1. The van der Waals surface area contributed by atoms with Gasteiger partial charge in [0.25, 0.3) is 5.91 Å². The average Bonchev–Trinajstić information content (AvgIpc) is 2.56. The third-order valence-corrected chi connectivity index (χ3v) is 4.59. The van der Waals surface area contributed by atoms with Crippen molar-refractivity contribution in [3.05, 3.63) is 29.8 Å². The zero-order chi connectivity index (χ0) is 15.4. The van der Waals surface area contributed by atoms with Crippen LogP contribution in [0.15, 0.2) is 24.3 Å². The van der Waals surface area contributed by atoms with E-state index in [1.54, 1.807) is 6.07 Å². The number of anilines is 1. The summed E-state index contributed by atoms with van der Waals surface area (Å²) in [5.41, 5.74) is 7.17. The van der Waals surface area contributed by atoms with Crippen molar-refractivity contribution in [1.82, 2.24) is 9.80 Å². The molecular weight excluding hydrogens is 349 g/mol. The van der Waals surface area contributed by atoms with Crippen LogP contribution >= 0.6 is 24.8 Å². The third-order valence-electron chi connectivity index (χ3n) is 4.59. The molecule has 0 aromatic heterocycles. The van der Waals surface area contributed by atoms with Crippen molar-refractivity contribution in [2.24, 2.45) is 0 Å². The molecule has 2 N–H and O–H groups in total. The van der Waals surface area contributed by atoms with Gasteiger partial charge >= 0.3 is 0 Å². The zero-order valence-corrected chi connectivity index (χ0v) is 15.5. The molecule has 2 saturated heterocycles. The third kappa shape index (κ3) is 5.24. The van der Waals surface area contributed by atoms with E-state index in [2.05, 4.69) is 4.90 Å². The number of carbonyl (C=O) groups excluding carboxylic acids is 1. The van der Waals surface area contributed by atoms with Crippen LogP contribution in [0.3, 0.4) is 0 Å². The van der Waals surface area contributed by atoms with Crippen molar-refractivity contribution in [2.45, 2.75) is 25.3 Å². The van der Waals surface area contributed by atoms with Gasteiger partial charge in [-0.05, 0) is 37.5 Å². The van der Waals surface area contributed by atoms with Gasteiger partial charge in [0.15, 0.2) is 0 Å². The normalized spacial score (nSPS) is 21.5. The number of nitrogen functional groups attached to an aromatic ring is 1. The maximum Gasteiger partial charge on any atom is 0.254 e. The van der Waals surface area contributed by atoms with Gasteiger partial charge in [-0.2, -0.15) is 0 Å². The number of rotatable bonds is 3. The van der Waals surface area contributed by atoms with E-state index in [1.807, 2.05) is 23.1 Å². The summed E-state index contributed by atoms with van der Waals surface area (Å²) in [6.07, 6.45) is 3.38. The summed E-state index contributed by atoms with van der Waals surface area (Å²) in [5, 5.41) is 0. The van der Waals surface area contributed by atoms with Crippen LogP contribution in [0, 0.1) is 0 Å². The Hall–Kier alpha value is -1.01. The Kier molecular flexibility index (Phi) is 8.84. The van der Waals surface area contributed by atoms with Gasteiger partial charge in [-0.3, -0.25) is 9.69 Å². The van der Waals surface area contributed by atoms with Crippen molar-refractivity contribution in [1.29, 1.82) is 0 Å². The first-order valence-electron chi connectivity index (χ1n) is 8.20. The Balaban J connectivity index is 0.00000144. The highest BCUT2D eigenvalue weighted by Gasteiger charge is 2.29. The van der Waals surface area contributed by atoms with Crippen LogP contribution in [0.4, 0.5) is 5.69 Å². The lowest BCUT2D eigenvalue weighted by atomic mass is 10.00. The zero-order valence-electron chi connectivity index (χ0n) is 13.9. The van der Waals surface area contributed by atoms with Gasteiger partial charge in [-0.1, -0.05) is 6.07 Å². The first kappa shape index (κ1) is 21.0. The lowest BCUT2D eigenvalue weighted by Crippen LogP contribution is -2.51. The number of nitrogens with zero attached hydrogens (tertiary/aromatic N) is 2. The first-order chi connectivity index (χ1) is 10.7. The van der Waals surface area contributed by atoms with Gasteiger partial charge in [0, 0.05) is 43.5 Å². The monoisotopic (exact) mass is 375 g/mol. The van der Waals surface area contributed by atoms with Crippen LogP contribution < -0.4 is 5.73 Å². The van der Waals surface area contributed by atoms with E-state index >= 15 is 0 Å². The van der Waals surface area contributed by atoms with E-state index in [0.29, 0.717) is 17.3 Å². The topological polar surface area (TPSA) is 58.8 Å². The molecule has 0 radical (unpaired) electrons. The Morgan fingerprint density at radius 3 is 2.62 bits per heavy atom. The molecule has 1 amide bonds. The maximum absolute atomic E-state index is 12.8. The number of hydrogen-bond donors (Lipinski definition) is 1. The smallest absolute Gasteiger partial charge is 0.254 e. The number of piperidine rings is 1. The Labute approximate surface area is 156 Å². The number of amides is 1. The second-order valence-corrected chi connectivity index (χ2v) is 6.19. The van der Waals surface area contributed by atoms with Gasteiger partial charge in [-0.25, -0.2) is 0 Å². The summed E-state index contributed by atoms with van der Waals surface area (Å²) in [6, 6.07) is 7.62. The van der Waals surface area contributed by atoms with Crippen molar-refractivity contribution in [3.8, 4) is 0 Å². The number of morpholine rings is 1. The second-order valence-electron chi connectivity index (χ2n) is 6.19. The molecule has 0 bridgehead atoms. The predicted octanol–water partition coefficient (Wildman–Crippen LogP) is 2.44. The van der Waals surface area contributed by atoms with Crippen molar-refractivity contribution < 1.29 is 9.53 Å². The van der Waals surface area contributed by atoms with Gasteiger partial charge < -0.3 is 15.4 Å². The predicted molar refractivity (Wildman–Crippen MR) is 101 cm³/mol. The number of hydrogen-bond acceptors (Lipinski definition) is 4. The fourth-order valence-corrected chi connectivity index (χ4v) is 3.38. The lowest BCUT2D eigenvalue weighted by Gasteiger charge is -2.39. The highest BCUT2D eigenvalue weighted by Crippen LogP contribution is 2.21. The lowest BCUT2D eigenvalue weighted by molar-refractivity contribution is 0.0166. The van der Waals surface area contributed by atoms with Crippen LogP contribution in [0.25, 0.3) is 0 Å². The molecule has 0 saturated carbocycles. The molecule has 24 heavy (non-hydrogen) atoms. The van der Waals surface area contributed by atoms with Crippen LogP contribution in [-0.2, 0) is 4.74 Å². The standard InChI is InChI=1S/C17H25N3O2.2ClH/c18-15-5-3-4-14(12-15)17(21)20-7-2-1-6-16(20)13-19-8-10-22-11-9-19;;/h3-5,12,16H,1-2,6-11,13,18H2;2*1H. The minimum absolute atomic E-state index is 0. The average molecular weight is 376 g/mol. The van der Waals surface area contributed by atoms with Crippen LogP contribution in [-0.4, -0.2) is 61.1 Å². The molecule has 1 aromatic rings. The molecule has 2 fully saturated rings. The molecule has 5 nitrogen and oxygen atoms in total. The first-order valence-corrected chi connectivity index (χ1v) is 8.20. The summed E-state index contributed by atoms with van der Waals surface area (Å²) in [6.45, 7) is 5.35. The van der Waals surface area contributed by atoms with Gasteiger partial charge in [0.2, 0.25) is 0 Å². The number of likely N-dealkylation sites (tertiary alicyclic amines) is 1. The van der Waals surface area contributed by atoms with Gasteiger partial charge in [-0.15, -0.1) is 24.8 Å². The molecule has 136 valence electrons. The molecule has 2 heterocycles. The van der Waals surface area contributed by atoms with Crippen molar-refractivity contribution in [3.63, 3.8) is 0 Å². The molecule has 3 rings (SSSR count). The summed E-state index contributed by atoms with van der Waals surface area (Å²) in [4.78, 5) is 17.3. The Morgan fingerprint density at radius 1 is 1.17 bits per heavy atom. The highest BCUT2D eigenvalue weighted by atomic mass is 35.5. The fourth-order valence-electron chi connectivity index (χ4n) is 3.38. The fraction of sp³-hybridized carbons (Fsp3) is 0.588. The molecule has 1 atom stereocenters. The minimum atomic E-state index is 0. The van der Waals surface area contributed by atoms with E-state index in [4.69, 9.17) is 10.5 Å². The molecule has 2 aliphatic heterocycles. The van der Waals surface area contributed by atoms with E-state index in [-0.39, 0.29) is 30.7 Å². The van der Waals surface area contributed by atoms with E-state index in [0.717, 1.165) is 52.2 Å². The van der Waals surface area contributed by atoms with E-state index < -0.39 is 0 Å². The van der Waals surface area contributed by atoms with Crippen molar-refractivity contribution in [2.75, 3.05) is 45.1 Å². The molecule has 0 spiro atoms. The maximum atomic E-state index is 12.8. The summed E-state index contributed by atoms with van der Waals surface area (Å²) < 4.78 is 5.41. The largest absolute Gasteiger partial charge is 0.399 e. The van der Waals surface area contributed by atoms with E-state index in [1.165, 1.54) is 6.42 Å². The molecule has 1 unspecified atom stereocenters. The summed E-state index contributed by atoms with van der Waals surface area (Å²) in [5.74, 6) is 0.116. The van der Waals surface area contributed by atoms with Crippen LogP contribution in [0.2, 0.25) is 0 Å². The van der Waals surface area contributed by atoms with Gasteiger partial charge in [0.1, 0.15) is 0 Å². The van der Waals surface area contributed by atoms with Gasteiger partial charge in [0.05, 0.1) is 13.2 Å². The number of nitrogens with two attached hydrogens (primary N) is 1. The highest BCUT2D eigenvalue weighted by molar-refractivity contribution is 5.95. The Morgan fingerprint density at radius 2 is 1.92 bits per heavy atom. The molecule has 7 heteroatoms. The summed E-state index contributed by atoms with van der Waals surface area (Å²) >= 11 is 0. The molecule has 2 aliphatic rings. The number of ether oxygens (including phenoxy) is 1. The molecular formula is C17H27Cl2N3O2. The van der Waals surface area contributed by atoms with E-state index in [9.17, 15) is 4.79 Å². The second kappa shape index (κ2) is 10.1. The summed E-state index contributed by atoms with van der Waals surface area (Å²) in [7, 11) is 0. The minimum Gasteiger partial charge on any atom is -0.399 e.